The Balaban J connectivity index is 1.24. The summed E-state index contributed by atoms with van der Waals surface area (Å²) < 4.78 is 47.9. The van der Waals surface area contributed by atoms with Crippen molar-refractivity contribution >= 4 is 40.8 Å². The average Bonchev–Trinajstić information content (AvgIpc) is 3.43. The topological polar surface area (TPSA) is 62.5 Å². The second-order valence-corrected chi connectivity index (χ2v) is 8.57. The van der Waals surface area contributed by atoms with Gasteiger partial charge in [0.1, 0.15) is 28.6 Å². The number of hydrogen-bond donors (Lipinski definition) is 1. The van der Waals surface area contributed by atoms with Crippen LogP contribution in [0.15, 0.2) is 53.1 Å². The third-order valence-corrected chi connectivity index (χ3v) is 6.47. The molecular formula is C23H20F3N4O2S+. The van der Waals surface area contributed by atoms with Gasteiger partial charge in [-0.15, -0.1) is 0 Å². The quantitative estimate of drug-likeness (QED) is 0.390. The van der Waals surface area contributed by atoms with Gasteiger partial charge in [0, 0.05) is 36.5 Å². The van der Waals surface area contributed by atoms with Crippen molar-refractivity contribution in [2.75, 3.05) is 5.32 Å². The Bertz CT molecular complexity index is 1360. The van der Waals surface area contributed by atoms with Crippen LogP contribution in [0.3, 0.4) is 0 Å². The second-order valence-electron chi connectivity index (χ2n) is 8.18. The van der Waals surface area contributed by atoms with E-state index in [1.807, 2.05) is 6.07 Å². The summed E-state index contributed by atoms with van der Waals surface area (Å²) in [6, 6.07) is 10.8. The molecule has 1 saturated carbocycles. The average molecular weight is 474 g/mol. The Hall–Kier alpha value is -3.27. The number of pyridine rings is 1. The third kappa shape index (κ3) is 4.22. The predicted octanol–water partition coefficient (Wildman–Crippen LogP) is 5.46. The molecule has 5 rings (SSSR count). The number of nitrogens with zero attached hydrogens (tertiary/aromatic N) is 3. The van der Waals surface area contributed by atoms with Crippen LogP contribution in [-0.4, -0.2) is 31.3 Å². The van der Waals surface area contributed by atoms with Crippen LogP contribution < -0.4 is 5.32 Å². The van der Waals surface area contributed by atoms with Crippen LogP contribution in [0.4, 0.5) is 19.0 Å². The maximum atomic E-state index is 13.4. The lowest BCUT2D eigenvalue weighted by molar-refractivity contribution is -0.449. The number of benzene rings is 1. The number of rotatable bonds is 5. The molecule has 1 N–H and O–H groups in total. The van der Waals surface area contributed by atoms with Crippen LogP contribution in [0.2, 0.25) is 0 Å². The van der Waals surface area contributed by atoms with Crippen LogP contribution >= 0.6 is 0 Å². The van der Waals surface area contributed by atoms with E-state index >= 15 is 0 Å². The zero-order chi connectivity index (χ0) is 23.1. The highest BCUT2D eigenvalue weighted by molar-refractivity contribution is 7.44. The molecule has 1 fully saturated rings. The van der Waals surface area contributed by atoms with E-state index in [0.717, 1.165) is 12.8 Å². The number of halogens is 3. The molecule has 0 spiro atoms. The van der Waals surface area contributed by atoms with Crippen molar-refractivity contribution in [1.82, 2.24) is 9.38 Å². The van der Waals surface area contributed by atoms with Gasteiger partial charge in [0.25, 0.3) is 18.9 Å². The molecule has 1 aromatic carbocycles. The van der Waals surface area contributed by atoms with Crippen LogP contribution in [0.1, 0.15) is 48.4 Å². The summed E-state index contributed by atoms with van der Waals surface area (Å²) in [5.41, 5.74) is 0.623. The first-order valence-electron chi connectivity index (χ1n) is 10.6. The van der Waals surface area contributed by atoms with Gasteiger partial charge in [-0.3, -0.25) is 4.40 Å². The number of fused-ring (bicyclic) bond motifs is 2. The smallest absolute Gasteiger partial charge is 0.446 e. The SMILES string of the molecule is O=C(c1cc2cc(F)ccc2o1)[N+](=S)[C@H]1CC[C@@H](Nc2cccc3nc(C(F)F)cn23)CC1. The number of aromatic nitrogens is 2. The zero-order valence-electron chi connectivity index (χ0n) is 17.4. The number of hydrogen-bond acceptors (Lipinski definition) is 5. The lowest BCUT2D eigenvalue weighted by Crippen LogP contribution is -2.37. The Morgan fingerprint density at radius 2 is 1.97 bits per heavy atom. The first-order valence-corrected chi connectivity index (χ1v) is 11.0. The highest BCUT2D eigenvalue weighted by Crippen LogP contribution is 2.27. The molecule has 1 amide bonds. The molecule has 3 heterocycles. The van der Waals surface area contributed by atoms with Crippen molar-refractivity contribution in [3.05, 3.63) is 65.9 Å². The fraction of sp³-hybridized carbons (Fsp3) is 0.304. The van der Waals surface area contributed by atoms with E-state index in [4.69, 9.17) is 16.8 Å². The van der Waals surface area contributed by atoms with E-state index in [1.54, 1.807) is 16.5 Å². The molecule has 1 aliphatic rings. The van der Waals surface area contributed by atoms with Gasteiger partial charge in [-0.25, -0.2) is 22.9 Å². The van der Waals surface area contributed by atoms with Gasteiger partial charge < -0.3 is 9.73 Å². The van der Waals surface area contributed by atoms with E-state index in [0.29, 0.717) is 35.3 Å². The van der Waals surface area contributed by atoms with Crippen molar-refractivity contribution < 1.29 is 26.3 Å². The fourth-order valence-corrected chi connectivity index (χ4v) is 4.61. The van der Waals surface area contributed by atoms with Gasteiger partial charge in [0.05, 0.1) is 0 Å². The highest BCUT2D eigenvalue weighted by Gasteiger charge is 2.36. The molecule has 0 atom stereocenters. The maximum Gasteiger partial charge on any atom is 0.468 e. The second kappa shape index (κ2) is 8.58. The Morgan fingerprint density at radius 3 is 2.73 bits per heavy atom. The van der Waals surface area contributed by atoms with Crippen molar-refractivity contribution in [3.63, 3.8) is 0 Å². The number of carbonyl (C=O) groups is 1. The molecular weight excluding hydrogens is 453 g/mol. The third-order valence-electron chi connectivity index (χ3n) is 6.00. The standard InChI is InChI=1S/C23H20F3N4O2S/c24-14-4-9-18-13(10-14)11-19(32-18)23(31)30(33)16-7-5-15(6-8-16)27-20-2-1-3-21-28-17(22(25)26)12-29(20)21/h1-4,9-12,15-16,22,27H,5-8H2/q+1/t15-,16+. The summed E-state index contributed by atoms with van der Waals surface area (Å²) in [6.07, 6.45) is 1.59. The van der Waals surface area contributed by atoms with Crippen molar-refractivity contribution in [2.45, 2.75) is 44.2 Å². The summed E-state index contributed by atoms with van der Waals surface area (Å²) in [4.78, 5) is 16.8. The lowest BCUT2D eigenvalue weighted by atomic mass is 9.91. The molecule has 6 nitrogen and oxygen atoms in total. The van der Waals surface area contributed by atoms with E-state index < -0.39 is 18.1 Å². The molecule has 33 heavy (non-hydrogen) atoms. The van der Waals surface area contributed by atoms with Crippen molar-refractivity contribution in [3.8, 4) is 0 Å². The fourth-order valence-electron chi connectivity index (χ4n) is 4.31. The van der Waals surface area contributed by atoms with Gasteiger partial charge in [-0.05, 0) is 43.2 Å². The van der Waals surface area contributed by atoms with Gasteiger partial charge in [0.15, 0.2) is 6.04 Å². The first kappa shape index (κ1) is 21.6. The number of nitrogens with one attached hydrogen (secondary N) is 1. The predicted molar refractivity (Wildman–Crippen MR) is 118 cm³/mol. The molecule has 3 aromatic heterocycles. The summed E-state index contributed by atoms with van der Waals surface area (Å²) in [6.45, 7) is 0. The van der Waals surface area contributed by atoms with Gasteiger partial charge in [-0.1, -0.05) is 10.0 Å². The van der Waals surface area contributed by atoms with Crippen LogP contribution in [-0.2, 0) is 12.4 Å². The lowest BCUT2D eigenvalue weighted by Gasteiger charge is -2.26. The normalized spacial score (nSPS) is 18.8. The van der Waals surface area contributed by atoms with E-state index in [2.05, 4.69) is 10.3 Å². The van der Waals surface area contributed by atoms with Gasteiger partial charge >= 0.3 is 5.91 Å². The van der Waals surface area contributed by atoms with Crippen molar-refractivity contribution in [1.29, 1.82) is 0 Å². The molecule has 1 aliphatic carbocycles. The summed E-state index contributed by atoms with van der Waals surface area (Å²) in [5.74, 6) is -0.0375. The minimum absolute atomic E-state index is 0.0902. The maximum absolute atomic E-state index is 13.4. The number of carbonyl (C=O) groups excluding carboxylic acids is 1. The molecule has 0 radical (unpaired) electrons. The molecule has 4 aromatic rings. The number of alkyl halides is 2. The number of imidazole rings is 1. The number of amides is 1. The summed E-state index contributed by atoms with van der Waals surface area (Å²) in [5, 5.41) is 3.92. The summed E-state index contributed by atoms with van der Waals surface area (Å²) in [7, 11) is 0. The molecule has 170 valence electrons. The van der Waals surface area contributed by atoms with Gasteiger partial charge in [0.2, 0.25) is 5.76 Å². The van der Waals surface area contributed by atoms with Crippen LogP contribution in [0.5, 0.6) is 0 Å². The van der Waals surface area contributed by atoms with E-state index in [-0.39, 0.29) is 23.5 Å². The minimum atomic E-state index is -2.63. The Morgan fingerprint density at radius 1 is 1.18 bits per heavy atom. The van der Waals surface area contributed by atoms with Crippen molar-refractivity contribution in [2.24, 2.45) is 0 Å². The zero-order valence-corrected chi connectivity index (χ0v) is 18.2. The molecule has 0 bridgehead atoms. The number of furan rings is 1. The minimum Gasteiger partial charge on any atom is -0.446 e. The van der Waals surface area contributed by atoms with Gasteiger partial charge in [-0.2, -0.15) is 0 Å². The summed E-state index contributed by atoms with van der Waals surface area (Å²) >= 11 is 5.40. The Labute approximate surface area is 192 Å². The van der Waals surface area contributed by atoms with Crippen LogP contribution in [0.25, 0.3) is 16.6 Å². The molecule has 10 heteroatoms. The van der Waals surface area contributed by atoms with Crippen LogP contribution in [0, 0.1) is 5.82 Å². The Kier molecular flexibility index (Phi) is 5.61. The van der Waals surface area contributed by atoms with E-state index in [9.17, 15) is 18.0 Å². The monoisotopic (exact) mass is 473 g/mol. The largest absolute Gasteiger partial charge is 0.468 e. The molecule has 0 saturated heterocycles. The highest BCUT2D eigenvalue weighted by atomic mass is 32.1. The van der Waals surface area contributed by atoms with E-state index in [1.165, 1.54) is 34.4 Å². The first-order chi connectivity index (χ1) is 15.9. The molecule has 0 aliphatic heterocycles. The number of anilines is 1. The molecule has 0 unspecified atom stereocenters.